The fourth-order valence-electron chi connectivity index (χ4n) is 2.40. The Balaban J connectivity index is 1.72. The van der Waals surface area contributed by atoms with Crippen molar-refractivity contribution in [2.45, 2.75) is 0 Å². The third-order valence-corrected chi connectivity index (χ3v) is 4.03. The van der Waals surface area contributed by atoms with E-state index in [0.717, 1.165) is 22.3 Å². The molecule has 0 saturated heterocycles. The van der Waals surface area contributed by atoms with Gasteiger partial charge in [0.15, 0.2) is 0 Å². The largest absolute Gasteiger partial charge is 0.323 e. The highest BCUT2D eigenvalue weighted by Crippen LogP contribution is 2.31. The first-order valence-electron chi connectivity index (χ1n) is 6.91. The average Bonchev–Trinajstić information content (AvgIpc) is 3.23. The highest BCUT2D eigenvalue weighted by atomic mass is 35.5. The van der Waals surface area contributed by atoms with E-state index in [0.29, 0.717) is 16.8 Å². The lowest BCUT2D eigenvalue weighted by Crippen LogP contribution is -2.00. The minimum atomic E-state index is 0.585. The number of aromatic amines is 1. The van der Waals surface area contributed by atoms with E-state index >= 15 is 0 Å². The van der Waals surface area contributed by atoms with Gasteiger partial charge in [-0.1, -0.05) is 11.6 Å². The molecule has 0 atom stereocenters. The van der Waals surface area contributed by atoms with Crippen LogP contribution >= 0.6 is 11.6 Å². The monoisotopic (exact) mass is 328 g/mol. The van der Waals surface area contributed by atoms with Gasteiger partial charge < -0.3 is 5.32 Å². The summed E-state index contributed by atoms with van der Waals surface area (Å²) in [5.41, 5.74) is 2.46. The second kappa shape index (κ2) is 5.10. The van der Waals surface area contributed by atoms with Crippen LogP contribution in [-0.4, -0.2) is 34.7 Å². The molecule has 0 unspecified atom stereocenters. The number of fused-ring (bicyclic) bond motifs is 1. The molecule has 4 rings (SSSR count). The molecular formula is C14H13ClN8. The molecule has 0 bridgehead atoms. The van der Waals surface area contributed by atoms with E-state index in [1.165, 1.54) is 0 Å². The third kappa shape index (κ3) is 2.23. The summed E-state index contributed by atoms with van der Waals surface area (Å²) in [4.78, 5) is 4.52. The zero-order chi connectivity index (χ0) is 16.0. The van der Waals surface area contributed by atoms with Gasteiger partial charge in [-0.15, -0.1) is 5.10 Å². The summed E-state index contributed by atoms with van der Waals surface area (Å²) in [5.74, 6) is 1.18. The van der Waals surface area contributed by atoms with Crippen LogP contribution in [0.1, 0.15) is 0 Å². The highest BCUT2D eigenvalue weighted by molar-refractivity contribution is 6.38. The lowest BCUT2D eigenvalue weighted by atomic mass is 10.2. The van der Waals surface area contributed by atoms with Gasteiger partial charge >= 0.3 is 0 Å². The Morgan fingerprint density at radius 1 is 1.17 bits per heavy atom. The summed E-state index contributed by atoms with van der Waals surface area (Å²) >= 11 is 6.42. The molecule has 0 aliphatic heterocycles. The molecule has 1 aromatic carbocycles. The van der Waals surface area contributed by atoms with Crippen LogP contribution in [0.5, 0.6) is 0 Å². The molecule has 0 spiro atoms. The van der Waals surface area contributed by atoms with Crippen LogP contribution < -0.4 is 5.32 Å². The van der Waals surface area contributed by atoms with Crippen LogP contribution in [-0.2, 0) is 14.1 Å². The minimum Gasteiger partial charge on any atom is -0.323 e. The molecule has 0 radical (unpaired) electrons. The number of rotatable bonds is 3. The standard InChI is InChI=1S/C14H13ClN8/c1-22-11(5-6-17-22)13-19-14(23(2)21-13)18-10-4-3-9-8(12(10)15)7-16-20-9/h3-7H,1-2H3,(H,16,20)(H,18,19,21). The molecule has 23 heavy (non-hydrogen) atoms. The maximum absolute atomic E-state index is 6.42. The van der Waals surface area contributed by atoms with Crippen LogP contribution in [0.4, 0.5) is 11.6 Å². The fraction of sp³-hybridized carbons (Fsp3) is 0.143. The van der Waals surface area contributed by atoms with Crippen LogP contribution in [0, 0.1) is 0 Å². The number of nitrogens with one attached hydrogen (secondary N) is 2. The molecule has 3 aromatic heterocycles. The number of aryl methyl sites for hydroxylation is 2. The Morgan fingerprint density at radius 3 is 2.83 bits per heavy atom. The molecule has 2 N–H and O–H groups in total. The first-order valence-corrected chi connectivity index (χ1v) is 7.29. The van der Waals surface area contributed by atoms with E-state index in [2.05, 4.69) is 30.7 Å². The lowest BCUT2D eigenvalue weighted by Gasteiger charge is -2.07. The van der Waals surface area contributed by atoms with E-state index in [1.54, 1.807) is 21.8 Å². The number of nitrogens with zero attached hydrogens (tertiary/aromatic N) is 6. The molecule has 9 heteroatoms. The summed E-state index contributed by atoms with van der Waals surface area (Å²) in [7, 11) is 3.67. The van der Waals surface area contributed by atoms with Crippen molar-refractivity contribution in [2.24, 2.45) is 14.1 Å². The zero-order valence-electron chi connectivity index (χ0n) is 12.4. The number of halogens is 1. The molecule has 0 aliphatic carbocycles. The Bertz CT molecular complexity index is 995. The Morgan fingerprint density at radius 2 is 2.04 bits per heavy atom. The van der Waals surface area contributed by atoms with Gasteiger partial charge in [0.05, 0.1) is 22.4 Å². The molecule has 0 saturated carbocycles. The zero-order valence-corrected chi connectivity index (χ0v) is 13.2. The normalized spacial score (nSPS) is 11.3. The number of hydrogen-bond acceptors (Lipinski definition) is 5. The average molecular weight is 329 g/mol. The van der Waals surface area contributed by atoms with E-state index < -0.39 is 0 Å². The maximum atomic E-state index is 6.42. The second-order valence-corrected chi connectivity index (χ2v) is 5.48. The van der Waals surface area contributed by atoms with Crippen molar-refractivity contribution >= 4 is 34.1 Å². The van der Waals surface area contributed by atoms with Gasteiger partial charge in [-0.3, -0.25) is 9.78 Å². The number of hydrogen-bond donors (Lipinski definition) is 2. The molecule has 0 amide bonds. The van der Waals surface area contributed by atoms with Crippen LogP contribution in [0.3, 0.4) is 0 Å². The fourth-order valence-corrected chi connectivity index (χ4v) is 2.66. The van der Waals surface area contributed by atoms with Crippen molar-refractivity contribution < 1.29 is 0 Å². The Hall–Kier alpha value is -2.87. The summed E-state index contributed by atoms with van der Waals surface area (Å²) in [6.07, 6.45) is 3.41. The van der Waals surface area contributed by atoms with Gasteiger partial charge in [-0.2, -0.15) is 15.2 Å². The highest BCUT2D eigenvalue weighted by Gasteiger charge is 2.14. The van der Waals surface area contributed by atoms with Crippen molar-refractivity contribution in [3.63, 3.8) is 0 Å². The number of aromatic nitrogens is 7. The van der Waals surface area contributed by atoms with E-state index in [9.17, 15) is 0 Å². The van der Waals surface area contributed by atoms with Gasteiger partial charge in [-0.25, -0.2) is 4.68 Å². The second-order valence-electron chi connectivity index (χ2n) is 5.11. The number of anilines is 2. The van der Waals surface area contributed by atoms with E-state index in [4.69, 9.17) is 11.6 Å². The van der Waals surface area contributed by atoms with Crippen LogP contribution in [0.25, 0.3) is 22.4 Å². The Labute approximate surface area is 136 Å². The first-order chi connectivity index (χ1) is 11.1. The van der Waals surface area contributed by atoms with E-state index in [-0.39, 0.29) is 0 Å². The molecule has 8 nitrogen and oxygen atoms in total. The molecule has 116 valence electrons. The molecule has 4 aromatic rings. The molecule has 0 fully saturated rings. The van der Waals surface area contributed by atoms with Crippen molar-refractivity contribution in [2.75, 3.05) is 5.32 Å². The van der Waals surface area contributed by atoms with Crippen molar-refractivity contribution in [3.8, 4) is 11.5 Å². The van der Waals surface area contributed by atoms with Crippen molar-refractivity contribution in [1.29, 1.82) is 0 Å². The lowest BCUT2D eigenvalue weighted by molar-refractivity contribution is 0.753. The maximum Gasteiger partial charge on any atom is 0.226 e. The summed E-state index contributed by atoms with van der Waals surface area (Å²) in [6.45, 7) is 0. The summed E-state index contributed by atoms with van der Waals surface area (Å²) in [5, 5.41) is 20.1. The summed E-state index contributed by atoms with van der Waals surface area (Å²) in [6, 6.07) is 5.65. The molecule has 0 aliphatic rings. The quantitative estimate of drug-likeness (QED) is 0.603. The predicted molar refractivity (Wildman–Crippen MR) is 87.6 cm³/mol. The van der Waals surface area contributed by atoms with E-state index in [1.807, 2.05) is 32.3 Å². The van der Waals surface area contributed by atoms with Crippen molar-refractivity contribution in [1.82, 2.24) is 34.7 Å². The van der Waals surface area contributed by atoms with Gasteiger partial charge in [-0.05, 0) is 18.2 Å². The molecular weight excluding hydrogens is 316 g/mol. The third-order valence-electron chi connectivity index (χ3n) is 3.62. The first kappa shape index (κ1) is 13.8. The Kier molecular flexibility index (Phi) is 3.05. The summed E-state index contributed by atoms with van der Waals surface area (Å²) < 4.78 is 3.39. The topological polar surface area (TPSA) is 89.2 Å². The minimum absolute atomic E-state index is 0.585. The number of H-pyrrole nitrogens is 1. The van der Waals surface area contributed by atoms with Crippen LogP contribution in [0.15, 0.2) is 30.6 Å². The SMILES string of the molecule is Cn1nccc1-c1nc(Nc2ccc3[nH]ncc3c2Cl)n(C)n1. The number of benzene rings is 1. The van der Waals surface area contributed by atoms with Crippen molar-refractivity contribution in [3.05, 3.63) is 35.6 Å². The molecule has 3 heterocycles. The van der Waals surface area contributed by atoms with Crippen LogP contribution in [0.2, 0.25) is 5.02 Å². The smallest absolute Gasteiger partial charge is 0.226 e. The van der Waals surface area contributed by atoms with Gasteiger partial charge in [0.1, 0.15) is 5.69 Å². The van der Waals surface area contributed by atoms with Gasteiger partial charge in [0.2, 0.25) is 11.8 Å². The van der Waals surface area contributed by atoms with Gasteiger partial charge in [0.25, 0.3) is 0 Å². The van der Waals surface area contributed by atoms with Gasteiger partial charge in [0, 0.05) is 25.7 Å². The predicted octanol–water partition coefficient (Wildman–Crippen LogP) is 2.49.